The van der Waals surface area contributed by atoms with Gasteiger partial charge in [0.25, 0.3) is 0 Å². The second-order valence-electron chi connectivity index (χ2n) is 5.04. The van der Waals surface area contributed by atoms with E-state index in [1.165, 1.54) is 6.08 Å². The maximum Gasteiger partial charge on any atom is 0.244 e. The molecule has 1 fully saturated rings. The lowest BCUT2D eigenvalue weighted by Gasteiger charge is -2.15. The maximum absolute atomic E-state index is 11.9. The molecule has 1 saturated carbocycles. The monoisotopic (exact) mass is 275 g/mol. The number of hydrogen-bond acceptors (Lipinski definition) is 3. The first-order chi connectivity index (χ1) is 9.74. The molecule has 4 nitrogen and oxygen atoms in total. The smallest absolute Gasteiger partial charge is 0.244 e. The van der Waals surface area contributed by atoms with Crippen LogP contribution in [-0.2, 0) is 4.79 Å². The number of ether oxygens (including phenoxy) is 1. The van der Waals surface area contributed by atoms with Crippen LogP contribution in [0.1, 0.15) is 24.8 Å². The second kappa shape index (κ2) is 7.10. The van der Waals surface area contributed by atoms with Gasteiger partial charge in [-0.2, -0.15) is 0 Å². The van der Waals surface area contributed by atoms with E-state index in [-0.39, 0.29) is 18.6 Å². The van der Waals surface area contributed by atoms with E-state index in [0.717, 1.165) is 24.2 Å². The Balaban J connectivity index is 1.94. The Morgan fingerprint density at radius 2 is 2.25 bits per heavy atom. The quantitative estimate of drug-likeness (QED) is 0.748. The van der Waals surface area contributed by atoms with Crippen molar-refractivity contribution in [1.82, 2.24) is 5.32 Å². The summed E-state index contributed by atoms with van der Waals surface area (Å²) in [6, 6.07) is 7.64. The molecule has 1 aliphatic carbocycles. The number of rotatable bonds is 7. The largest absolute Gasteiger partial charge is 0.496 e. The molecule has 20 heavy (non-hydrogen) atoms. The Bertz CT molecular complexity index is 480. The van der Waals surface area contributed by atoms with Crippen LogP contribution >= 0.6 is 0 Å². The molecule has 0 aliphatic heterocycles. The summed E-state index contributed by atoms with van der Waals surface area (Å²) in [5.41, 5.74) is 0.871. The number of benzene rings is 1. The molecule has 1 atom stereocenters. The molecule has 1 unspecified atom stereocenters. The van der Waals surface area contributed by atoms with Crippen LogP contribution in [-0.4, -0.2) is 30.8 Å². The van der Waals surface area contributed by atoms with Gasteiger partial charge < -0.3 is 15.2 Å². The van der Waals surface area contributed by atoms with Crippen LogP contribution in [0.4, 0.5) is 0 Å². The van der Waals surface area contributed by atoms with Crippen molar-refractivity contribution in [3.63, 3.8) is 0 Å². The molecule has 0 saturated heterocycles. The van der Waals surface area contributed by atoms with Crippen molar-refractivity contribution in [2.75, 3.05) is 13.7 Å². The molecule has 2 N–H and O–H groups in total. The summed E-state index contributed by atoms with van der Waals surface area (Å²) in [6.45, 7) is 0.109. The highest BCUT2D eigenvalue weighted by Gasteiger charge is 2.31. The Morgan fingerprint density at radius 3 is 2.90 bits per heavy atom. The third kappa shape index (κ3) is 4.10. The third-order valence-corrected chi connectivity index (χ3v) is 3.51. The van der Waals surface area contributed by atoms with Crippen molar-refractivity contribution >= 4 is 12.0 Å². The van der Waals surface area contributed by atoms with Crippen LogP contribution in [0.25, 0.3) is 6.08 Å². The van der Waals surface area contributed by atoms with Crippen molar-refractivity contribution in [3.05, 3.63) is 35.9 Å². The summed E-state index contributed by atoms with van der Waals surface area (Å²) in [5, 5.41) is 12.0. The molecule has 4 heteroatoms. The van der Waals surface area contributed by atoms with Crippen molar-refractivity contribution in [2.24, 2.45) is 5.92 Å². The van der Waals surface area contributed by atoms with Gasteiger partial charge in [-0.25, -0.2) is 0 Å². The standard InChI is InChI=1S/C16H21NO3/c1-20-15-5-3-2-4-13(15)8-9-16(19)17-14(10-11-18)12-6-7-12/h2-5,8-9,12,14,18H,6-7,10-11H2,1H3,(H,17,19)/b9-8+. The van der Waals surface area contributed by atoms with E-state index in [9.17, 15) is 4.79 Å². The molecular formula is C16H21NO3. The number of para-hydroxylation sites is 1. The van der Waals surface area contributed by atoms with Gasteiger partial charge in [0.15, 0.2) is 0 Å². The van der Waals surface area contributed by atoms with Crippen LogP contribution in [0.15, 0.2) is 30.3 Å². The average molecular weight is 275 g/mol. The molecule has 0 bridgehead atoms. The van der Waals surface area contributed by atoms with E-state index >= 15 is 0 Å². The molecular weight excluding hydrogens is 254 g/mol. The Morgan fingerprint density at radius 1 is 1.50 bits per heavy atom. The van der Waals surface area contributed by atoms with E-state index in [1.54, 1.807) is 13.2 Å². The minimum absolute atomic E-state index is 0.0924. The van der Waals surface area contributed by atoms with Crippen LogP contribution < -0.4 is 10.1 Å². The summed E-state index contributed by atoms with van der Waals surface area (Å²) in [4.78, 5) is 11.9. The van der Waals surface area contributed by atoms with Gasteiger partial charge in [0.05, 0.1) is 7.11 Å². The van der Waals surface area contributed by atoms with Gasteiger partial charge in [0, 0.05) is 24.3 Å². The van der Waals surface area contributed by atoms with Gasteiger partial charge in [0.2, 0.25) is 5.91 Å². The van der Waals surface area contributed by atoms with E-state index in [2.05, 4.69) is 5.32 Å². The van der Waals surface area contributed by atoms with Gasteiger partial charge in [-0.05, 0) is 37.3 Å². The molecule has 1 amide bonds. The third-order valence-electron chi connectivity index (χ3n) is 3.51. The highest BCUT2D eigenvalue weighted by Crippen LogP contribution is 2.33. The van der Waals surface area contributed by atoms with Crippen molar-refractivity contribution in [1.29, 1.82) is 0 Å². The van der Waals surface area contributed by atoms with Crippen LogP contribution in [0, 0.1) is 5.92 Å². The molecule has 0 heterocycles. The SMILES string of the molecule is COc1ccccc1/C=C/C(=O)NC(CCO)C1CC1. The summed E-state index contributed by atoms with van der Waals surface area (Å²) in [7, 11) is 1.61. The summed E-state index contributed by atoms with van der Waals surface area (Å²) >= 11 is 0. The fourth-order valence-corrected chi connectivity index (χ4v) is 2.26. The second-order valence-corrected chi connectivity index (χ2v) is 5.04. The van der Waals surface area contributed by atoms with Gasteiger partial charge in [0.1, 0.15) is 5.75 Å². The predicted octanol–water partition coefficient (Wildman–Crippen LogP) is 1.99. The van der Waals surface area contributed by atoms with Gasteiger partial charge in [-0.1, -0.05) is 18.2 Å². The van der Waals surface area contributed by atoms with E-state index < -0.39 is 0 Å². The molecule has 0 radical (unpaired) electrons. The Labute approximate surface area is 119 Å². The molecule has 1 aliphatic rings. The Hall–Kier alpha value is -1.81. The topological polar surface area (TPSA) is 58.6 Å². The number of aliphatic hydroxyl groups is 1. The molecule has 108 valence electrons. The van der Waals surface area contributed by atoms with E-state index in [0.29, 0.717) is 12.3 Å². The Kier molecular flexibility index (Phi) is 5.18. The van der Waals surface area contributed by atoms with Gasteiger partial charge >= 0.3 is 0 Å². The number of methoxy groups -OCH3 is 1. The first-order valence-electron chi connectivity index (χ1n) is 6.97. The maximum atomic E-state index is 11.9. The number of amides is 1. The fraction of sp³-hybridized carbons (Fsp3) is 0.438. The lowest BCUT2D eigenvalue weighted by atomic mass is 10.1. The minimum Gasteiger partial charge on any atom is -0.496 e. The zero-order chi connectivity index (χ0) is 14.4. The van der Waals surface area contributed by atoms with Crippen molar-refractivity contribution in [3.8, 4) is 5.75 Å². The first-order valence-corrected chi connectivity index (χ1v) is 6.97. The summed E-state index contributed by atoms with van der Waals surface area (Å²) in [6.07, 6.45) is 6.17. The molecule has 1 aromatic rings. The number of nitrogens with one attached hydrogen (secondary N) is 1. The number of carbonyl (C=O) groups excluding carboxylic acids is 1. The van der Waals surface area contributed by atoms with Gasteiger partial charge in [-0.15, -0.1) is 0 Å². The summed E-state index contributed by atoms with van der Waals surface area (Å²) < 4.78 is 5.23. The summed E-state index contributed by atoms with van der Waals surface area (Å²) in [5.74, 6) is 1.15. The van der Waals surface area contributed by atoms with Crippen molar-refractivity contribution in [2.45, 2.75) is 25.3 Å². The van der Waals surface area contributed by atoms with Gasteiger partial charge in [-0.3, -0.25) is 4.79 Å². The first kappa shape index (κ1) is 14.6. The van der Waals surface area contributed by atoms with Crippen LogP contribution in [0.2, 0.25) is 0 Å². The molecule has 1 aromatic carbocycles. The zero-order valence-corrected chi connectivity index (χ0v) is 11.7. The molecule has 0 spiro atoms. The lowest BCUT2D eigenvalue weighted by Crippen LogP contribution is -2.36. The van der Waals surface area contributed by atoms with Crippen LogP contribution in [0.3, 0.4) is 0 Å². The fourth-order valence-electron chi connectivity index (χ4n) is 2.26. The zero-order valence-electron chi connectivity index (χ0n) is 11.7. The van der Waals surface area contributed by atoms with Crippen LogP contribution in [0.5, 0.6) is 5.75 Å². The van der Waals surface area contributed by atoms with E-state index in [4.69, 9.17) is 9.84 Å². The number of carbonyl (C=O) groups is 1. The predicted molar refractivity (Wildman–Crippen MR) is 78.4 cm³/mol. The molecule has 0 aromatic heterocycles. The van der Waals surface area contributed by atoms with Crippen molar-refractivity contribution < 1.29 is 14.6 Å². The number of hydrogen-bond donors (Lipinski definition) is 2. The van der Waals surface area contributed by atoms with E-state index in [1.807, 2.05) is 24.3 Å². The molecule has 2 rings (SSSR count). The normalized spacial score (nSPS) is 16.1. The highest BCUT2D eigenvalue weighted by molar-refractivity contribution is 5.92. The number of aliphatic hydroxyl groups excluding tert-OH is 1. The average Bonchev–Trinajstić information content (AvgIpc) is 3.29. The highest BCUT2D eigenvalue weighted by atomic mass is 16.5. The minimum atomic E-state index is -0.124. The lowest BCUT2D eigenvalue weighted by molar-refractivity contribution is -0.117.